The molecule has 0 bridgehead atoms. The van der Waals surface area contributed by atoms with E-state index in [0.29, 0.717) is 0 Å². The van der Waals surface area contributed by atoms with Gasteiger partial charge in [0, 0.05) is 24.5 Å². The maximum Gasteiger partial charge on any atom is 0.0342 e. The van der Waals surface area contributed by atoms with E-state index in [1.807, 2.05) is 0 Å². The molecule has 0 fully saturated rings. The number of anilines is 2. The first-order valence-corrected chi connectivity index (χ1v) is 9.35. The number of nitrogens with one attached hydrogen (secondary N) is 2. The van der Waals surface area contributed by atoms with Gasteiger partial charge in [-0.05, 0) is 62.1 Å². The van der Waals surface area contributed by atoms with Gasteiger partial charge in [-0.2, -0.15) is 0 Å². The Morgan fingerprint density at radius 3 is 1.42 bits per heavy atom. The average molecular weight is 325 g/mol. The number of hydrogen-bond acceptors (Lipinski definition) is 2. The van der Waals surface area contributed by atoms with Crippen molar-refractivity contribution in [3.05, 3.63) is 59.7 Å². The average Bonchev–Trinajstić information content (AvgIpc) is 2.57. The predicted molar refractivity (Wildman–Crippen MR) is 107 cm³/mol. The number of benzene rings is 2. The van der Waals surface area contributed by atoms with Crippen LogP contribution in [-0.4, -0.2) is 13.1 Å². The van der Waals surface area contributed by atoms with Crippen molar-refractivity contribution >= 4 is 11.4 Å². The fraction of sp³-hybridized carbons (Fsp3) is 0.455. The van der Waals surface area contributed by atoms with Gasteiger partial charge in [0.1, 0.15) is 0 Å². The molecule has 2 nitrogen and oxygen atoms in total. The van der Waals surface area contributed by atoms with Gasteiger partial charge < -0.3 is 10.6 Å². The summed E-state index contributed by atoms with van der Waals surface area (Å²) in [6, 6.07) is 17.2. The third-order valence-electron chi connectivity index (χ3n) is 4.30. The Bertz CT molecular complexity index is 539. The summed E-state index contributed by atoms with van der Waals surface area (Å²) in [6.07, 6.45) is 7.86. The molecule has 0 aromatic heterocycles. The van der Waals surface area contributed by atoms with E-state index in [-0.39, 0.29) is 0 Å². The highest BCUT2D eigenvalue weighted by atomic mass is 14.9. The van der Waals surface area contributed by atoms with Gasteiger partial charge in [0.15, 0.2) is 0 Å². The Balaban J connectivity index is 1.42. The molecule has 2 aromatic rings. The lowest BCUT2D eigenvalue weighted by Gasteiger charge is -2.08. The molecule has 0 spiro atoms. The van der Waals surface area contributed by atoms with Gasteiger partial charge in [0.2, 0.25) is 0 Å². The molecule has 0 aliphatic heterocycles. The Labute approximate surface area is 147 Å². The molecule has 0 heterocycles. The van der Waals surface area contributed by atoms with Crippen LogP contribution in [0.1, 0.15) is 49.7 Å². The van der Waals surface area contributed by atoms with Crippen LogP contribution < -0.4 is 10.6 Å². The zero-order chi connectivity index (χ0) is 17.0. The predicted octanol–water partition coefficient (Wildman–Crippen LogP) is 6.17. The number of rotatable bonds is 11. The van der Waals surface area contributed by atoms with Crippen molar-refractivity contribution in [1.82, 2.24) is 0 Å². The van der Waals surface area contributed by atoms with Crippen molar-refractivity contribution in [1.29, 1.82) is 0 Å². The number of unbranched alkanes of at least 4 members (excludes halogenated alkanes) is 5. The van der Waals surface area contributed by atoms with Crippen molar-refractivity contribution in [3.8, 4) is 0 Å². The van der Waals surface area contributed by atoms with Crippen LogP contribution in [0.3, 0.4) is 0 Å². The van der Waals surface area contributed by atoms with E-state index in [9.17, 15) is 0 Å². The molecule has 0 amide bonds. The zero-order valence-corrected chi connectivity index (χ0v) is 15.3. The van der Waals surface area contributed by atoms with Crippen LogP contribution in [0.25, 0.3) is 0 Å². The van der Waals surface area contributed by atoms with Gasteiger partial charge in [-0.3, -0.25) is 0 Å². The second kappa shape index (κ2) is 10.7. The summed E-state index contributed by atoms with van der Waals surface area (Å²) in [6.45, 7) is 6.44. The van der Waals surface area contributed by atoms with E-state index in [4.69, 9.17) is 0 Å². The summed E-state index contributed by atoms with van der Waals surface area (Å²) < 4.78 is 0. The first kappa shape index (κ1) is 18.4. The third kappa shape index (κ3) is 7.54. The van der Waals surface area contributed by atoms with E-state index in [1.54, 1.807) is 0 Å². The van der Waals surface area contributed by atoms with Crippen molar-refractivity contribution in [2.24, 2.45) is 0 Å². The second-order valence-corrected chi connectivity index (χ2v) is 6.71. The Morgan fingerprint density at radius 2 is 1.00 bits per heavy atom. The molecule has 2 heteroatoms. The van der Waals surface area contributed by atoms with Crippen LogP contribution in [0.5, 0.6) is 0 Å². The summed E-state index contributed by atoms with van der Waals surface area (Å²) >= 11 is 0. The summed E-state index contributed by atoms with van der Waals surface area (Å²) in [4.78, 5) is 0. The normalized spacial score (nSPS) is 10.6. The van der Waals surface area contributed by atoms with Crippen LogP contribution in [-0.2, 0) is 0 Å². The van der Waals surface area contributed by atoms with Crippen molar-refractivity contribution in [2.45, 2.75) is 52.4 Å². The van der Waals surface area contributed by atoms with Gasteiger partial charge >= 0.3 is 0 Å². The van der Waals surface area contributed by atoms with Gasteiger partial charge in [-0.1, -0.05) is 49.9 Å². The molecule has 130 valence electrons. The molecule has 0 atom stereocenters. The number of aryl methyl sites for hydroxylation is 2. The first-order valence-electron chi connectivity index (χ1n) is 9.35. The molecule has 2 N–H and O–H groups in total. The standard InChI is InChI=1S/C22H32N2/c1-19-11-9-13-21(17-19)23-15-7-5-3-4-6-8-16-24-22-14-10-12-20(2)18-22/h9-14,17-18,23-24H,3-8,15-16H2,1-2H3. The molecule has 0 unspecified atom stereocenters. The van der Waals surface area contributed by atoms with E-state index in [1.165, 1.54) is 61.0 Å². The minimum Gasteiger partial charge on any atom is -0.385 e. The Hall–Kier alpha value is -1.96. The highest BCUT2D eigenvalue weighted by Gasteiger charge is 1.95. The van der Waals surface area contributed by atoms with Crippen molar-refractivity contribution in [2.75, 3.05) is 23.7 Å². The molecular formula is C22H32N2. The fourth-order valence-corrected chi connectivity index (χ4v) is 2.93. The Kier molecular flexibility index (Phi) is 8.23. The highest BCUT2D eigenvalue weighted by Crippen LogP contribution is 2.12. The molecule has 0 aliphatic carbocycles. The SMILES string of the molecule is Cc1cccc(NCCCCCCCCNc2cccc(C)c2)c1. The van der Waals surface area contributed by atoms with E-state index in [2.05, 4.69) is 73.0 Å². The molecule has 24 heavy (non-hydrogen) atoms. The monoisotopic (exact) mass is 324 g/mol. The summed E-state index contributed by atoms with van der Waals surface area (Å²) in [5.41, 5.74) is 5.13. The minimum atomic E-state index is 1.08. The molecule has 2 rings (SSSR count). The van der Waals surface area contributed by atoms with E-state index in [0.717, 1.165) is 13.1 Å². The van der Waals surface area contributed by atoms with Gasteiger partial charge in [0.05, 0.1) is 0 Å². The maximum atomic E-state index is 3.51. The van der Waals surface area contributed by atoms with E-state index >= 15 is 0 Å². The first-order chi connectivity index (χ1) is 11.7. The minimum absolute atomic E-state index is 1.08. The van der Waals surface area contributed by atoms with Crippen molar-refractivity contribution < 1.29 is 0 Å². The molecule has 2 aromatic carbocycles. The second-order valence-electron chi connectivity index (χ2n) is 6.71. The lowest BCUT2D eigenvalue weighted by molar-refractivity contribution is 0.610. The molecule has 0 saturated heterocycles. The van der Waals surface area contributed by atoms with Crippen LogP contribution in [0.4, 0.5) is 11.4 Å². The molecule has 0 aliphatic rings. The quantitative estimate of drug-likeness (QED) is 0.483. The lowest BCUT2D eigenvalue weighted by Crippen LogP contribution is -2.02. The summed E-state index contributed by atoms with van der Waals surface area (Å²) in [5.74, 6) is 0. The lowest BCUT2D eigenvalue weighted by atomic mass is 10.1. The highest BCUT2D eigenvalue weighted by molar-refractivity contribution is 5.45. The molecular weight excluding hydrogens is 292 g/mol. The summed E-state index contributed by atoms with van der Waals surface area (Å²) in [5, 5.41) is 7.02. The van der Waals surface area contributed by atoms with Crippen LogP contribution in [0, 0.1) is 13.8 Å². The summed E-state index contributed by atoms with van der Waals surface area (Å²) in [7, 11) is 0. The van der Waals surface area contributed by atoms with Gasteiger partial charge in [-0.15, -0.1) is 0 Å². The molecule has 0 saturated carbocycles. The smallest absolute Gasteiger partial charge is 0.0342 e. The molecule has 0 radical (unpaired) electrons. The number of hydrogen-bond donors (Lipinski definition) is 2. The van der Waals surface area contributed by atoms with Crippen molar-refractivity contribution in [3.63, 3.8) is 0 Å². The van der Waals surface area contributed by atoms with Gasteiger partial charge in [0.25, 0.3) is 0 Å². The van der Waals surface area contributed by atoms with Crippen LogP contribution >= 0.6 is 0 Å². The maximum absolute atomic E-state index is 3.51. The fourth-order valence-electron chi connectivity index (χ4n) is 2.93. The van der Waals surface area contributed by atoms with Gasteiger partial charge in [-0.25, -0.2) is 0 Å². The third-order valence-corrected chi connectivity index (χ3v) is 4.30. The largest absolute Gasteiger partial charge is 0.385 e. The zero-order valence-electron chi connectivity index (χ0n) is 15.3. The topological polar surface area (TPSA) is 24.1 Å². The van der Waals surface area contributed by atoms with Crippen LogP contribution in [0.2, 0.25) is 0 Å². The Morgan fingerprint density at radius 1 is 0.583 bits per heavy atom. The van der Waals surface area contributed by atoms with E-state index < -0.39 is 0 Å². The van der Waals surface area contributed by atoms with Crippen LogP contribution in [0.15, 0.2) is 48.5 Å².